The van der Waals surface area contributed by atoms with Crippen LogP contribution in [0.3, 0.4) is 0 Å². The minimum Gasteiger partial charge on any atom is -0.464 e. The van der Waals surface area contributed by atoms with Gasteiger partial charge in [0, 0.05) is 43.9 Å². The molecule has 0 aromatic heterocycles. The van der Waals surface area contributed by atoms with Crippen molar-refractivity contribution >= 4 is 33.4 Å². The van der Waals surface area contributed by atoms with Crippen LogP contribution >= 0.6 is 0 Å². The van der Waals surface area contributed by atoms with Crippen LogP contribution in [0.5, 0.6) is 0 Å². The van der Waals surface area contributed by atoms with Gasteiger partial charge < -0.3 is 4.74 Å². The number of rotatable bonds is 7. The Balaban J connectivity index is 1.40. The van der Waals surface area contributed by atoms with E-state index in [4.69, 9.17) is 9.29 Å². The van der Waals surface area contributed by atoms with E-state index in [0.29, 0.717) is 32.1 Å². The third kappa shape index (κ3) is 4.87. The molecule has 0 radical (unpaired) electrons. The summed E-state index contributed by atoms with van der Waals surface area (Å²) in [4.78, 5) is 50.8. The van der Waals surface area contributed by atoms with Crippen LogP contribution in [0.1, 0.15) is 71.6 Å². The van der Waals surface area contributed by atoms with Gasteiger partial charge in [0.05, 0.1) is 0 Å². The summed E-state index contributed by atoms with van der Waals surface area (Å²) in [6.45, 7) is 3.85. The van der Waals surface area contributed by atoms with Gasteiger partial charge in [-0.05, 0) is 60.7 Å². The predicted octanol–water partition coefficient (Wildman–Crippen LogP) is 3.03. The number of hydrogen-bond acceptors (Lipinski definition) is 7. The van der Waals surface area contributed by atoms with Crippen molar-refractivity contribution in [3.05, 3.63) is 0 Å². The Morgan fingerprint density at radius 2 is 1.82 bits per heavy atom. The van der Waals surface area contributed by atoms with Crippen molar-refractivity contribution in [2.75, 3.05) is 12.4 Å². The molecule has 1 N–H and O–H groups in total. The van der Waals surface area contributed by atoms with Crippen LogP contribution in [0.15, 0.2) is 0 Å². The van der Waals surface area contributed by atoms with Gasteiger partial charge in [-0.3, -0.25) is 23.7 Å². The Morgan fingerprint density at radius 1 is 1.12 bits per heavy atom. The molecule has 0 heterocycles. The zero-order valence-electron chi connectivity index (χ0n) is 20.0. The molecule has 190 valence electrons. The van der Waals surface area contributed by atoms with Gasteiger partial charge in [0.2, 0.25) is 0 Å². The Kier molecular flexibility index (Phi) is 7.08. The molecule has 0 aromatic rings. The number of carbonyl (C=O) groups is 4. The molecule has 0 aliphatic heterocycles. The highest BCUT2D eigenvalue weighted by Gasteiger charge is 2.61. The van der Waals surface area contributed by atoms with Crippen molar-refractivity contribution in [3.8, 4) is 0 Å². The second kappa shape index (κ2) is 9.45. The third-order valence-corrected chi connectivity index (χ3v) is 10.3. The first-order valence-corrected chi connectivity index (χ1v) is 14.2. The third-order valence-electron chi connectivity index (χ3n) is 9.60. The van der Waals surface area contributed by atoms with Crippen LogP contribution in [0.25, 0.3) is 0 Å². The van der Waals surface area contributed by atoms with Gasteiger partial charge >= 0.3 is 5.97 Å². The molecule has 0 aromatic carbocycles. The molecule has 0 saturated heterocycles. The maximum absolute atomic E-state index is 13.5. The largest absolute Gasteiger partial charge is 0.464 e. The summed E-state index contributed by atoms with van der Waals surface area (Å²) in [5, 5.41) is 0. The number of fused-ring (bicyclic) bond motifs is 5. The molecule has 34 heavy (non-hydrogen) atoms. The molecule has 8 nitrogen and oxygen atoms in total. The lowest BCUT2D eigenvalue weighted by atomic mass is 9.46. The minimum absolute atomic E-state index is 0.0347. The average molecular weight is 497 g/mol. The number of hydrogen-bond donors (Lipinski definition) is 1. The van der Waals surface area contributed by atoms with Gasteiger partial charge in [0.15, 0.2) is 0 Å². The zero-order chi connectivity index (χ0) is 24.8. The van der Waals surface area contributed by atoms with Gasteiger partial charge in [-0.1, -0.05) is 13.8 Å². The molecule has 4 fully saturated rings. The Morgan fingerprint density at radius 3 is 2.53 bits per heavy atom. The molecule has 9 heteroatoms. The highest BCUT2D eigenvalue weighted by molar-refractivity contribution is 7.85. The second-order valence-corrected chi connectivity index (χ2v) is 12.9. The van der Waals surface area contributed by atoms with Crippen LogP contribution in [-0.2, 0) is 34.0 Å². The summed E-state index contributed by atoms with van der Waals surface area (Å²) in [6.07, 6.45) is 5.00. The van der Waals surface area contributed by atoms with Crippen molar-refractivity contribution in [1.82, 2.24) is 0 Å². The predicted molar refractivity (Wildman–Crippen MR) is 122 cm³/mol. The van der Waals surface area contributed by atoms with E-state index < -0.39 is 21.8 Å². The molecule has 4 saturated carbocycles. The monoisotopic (exact) mass is 496 g/mol. The summed E-state index contributed by atoms with van der Waals surface area (Å²) < 4.78 is 35.1. The summed E-state index contributed by atoms with van der Waals surface area (Å²) in [6, 6.07) is 0. The standard InChI is InChI=1S/C25H36O8S/c1-14(3-6-22(29)33-9-10-34(30,31)32)17-4-5-18-23(17)21(28)13-19-24(18)20(27)12-15-11-16(26)7-8-25(15,19)2/h14-15,17-19,23-24H,3-13H2,1-2H3,(H,30,31,32)/t14-,15+,17-,18-,19+,23?,24+,25+/m1/s1. The number of carbonyl (C=O) groups excluding carboxylic acids is 4. The van der Waals surface area contributed by atoms with Crippen molar-refractivity contribution in [3.63, 3.8) is 0 Å². The van der Waals surface area contributed by atoms with E-state index in [1.54, 1.807) is 0 Å². The molecule has 4 rings (SSSR count). The van der Waals surface area contributed by atoms with E-state index in [1.807, 2.05) is 6.92 Å². The quantitative estimate of drug-likeness (QED) is 0.420. The van der Waals surface area contributed by atoms with Crippen molar-refractivity contribution in [1.29, 1.82) is 0 Å². The number of ketones is 3. The molecular weight excluding hydrogens is 460 g/mol. The van der Waals surface area contributed by atoms with Crippen molar-refractivity contribution in [2.24, 2.45) is 46.8 Å². The van der Waals surface area contributed by atoms with Gasteiger partial charge in [-0.25, -0.2) is 0 Å². The van der Waals surface area contributed by atoms with Gasteiger partial charge in [0.25, 0.3) is 10.1 Å². The van der Waals surface area contributed by atoms with E-state index in [-0.39, 0.29) is 77.2 Å². The van der Waals surface area contributed by atoms with Crippen LogP contribution in [0.2, 0.25) is 0 Å². The number of ether oxygens (including phenoxy) is 1. The van der Waals surface area contributed by atoms with Crippen LogP contribution in [0.4, 0.5) is 0 Å². The van der Waals surface area contributed by atoms with Crippen LogP contribution in [0, 0.1) is 46.8 Å². The summed E-state index contributed by atoms with van der Waals surface area (Å²) >= 11 is 0. The first-order valence-electron chi connectivity index (χ1n) is 12.6. The number of Topliss-reactive ketones (excluding diaryl/α,β-unsaturated/α-hetero) is 3. The summed E-state index contributed by atoms with van der Waals surface area (Å²) in [5.74, 6) is -0.308. The fourth-order valence-corrected chi connectivity index (χ4v) is 8.05. The fourth-order valence-electron chi connectivity index (χ4n) is 7.75. The van der Waals surface area contributed by atoms with E-state index in [9.17, 15) is 27.6 Å². The molecule has 0 amide bonds. The first kappa shape index (κ1) is 25.5. The first-order chi connectivity index (χ1) is 15.9. The highest BCUT2D eigenvalue weighted by Crippen LogP contribution is 2.62. The van der Waals surface area contributed by atoms with Crippen molar-refractivity contribution in [2.45, 2.75) is 71.6 Å². The molecule has 4 aliphatic rings. The van der Waals surface area contributed by atoms with E-state index in [1.165, 1.54) is 0 Å². The molecule has 0 spiro atoms. The minimum atomic E-state index is -4.17. The lowest BCUT2D eigenvalue weighted by Gasteiger charge is -2.56. The lowest BCUT2D eigenvalue weighted by molar-refractivity contribution is -0.158. The topological polar surface area (TPSA) is 132 Å². The molecular formula is C25H36O8S. The van der Waals surface area contributed by atoms with E-state index in [2.05, 4.69) is 6.92 Å². The molecule has 1 unspecified atom stereocenters. The normalized spacial score (nSPS) is 38.6. The smallest absolute Gasteiger partial charge is 0.305 e. The lowest BCUT2D eigenvalue weighted by Crippen LogP contribution is -2.57. The van der Waals surface area contributed by atoms with Gasteiger partial charge in [0.1, 0.15) is 29.7 Å². The van der Waals surface area contributed by atoms with Crippen LogP contribution < -0.4 is 0 Å². The zero-order valence-corrected chi connectivity index (χ0v) is 20.8. The number of esters is 1. The average Bonchev–Trinajstić information content (AvgIpc) is 3.19. The van der Waals surface area contributed by atoms with Gasteiger partial charge in [-0.15, -0.1) is 0 Å². The second-order valence-electron chi connectivity index (χ2n) is 11.4. The van der Waals surface area contributed by atoms with Crippen molar-refractivity contribution < 1.29 is 36.9 Å². The Bertz CT molecular complexity index is 971. The summed E-state index contributed by atoms with van der Waals surface area (Å²) in [5.41, 5.74) is -0.122. The molecule has 8 atom stereocenters. The summed E-state index contributed by atoms with van der Waals surface area (Å²) in [7, 11) is -4.17. The Hall–Kier alpha value is -1.61. The van der Waals surface area contributed by atoms with Gasteiger partial charge in [-0.2, -0.15) is 8.42 Å². The molecule has 0 bridgehead atoms. The Labute approximate surface area is 201 Å². The maximum atomic E-state index is 13.5. The van der Waals surface area contributed by atoms with E-state index in [0.717, 1.165) is 19.3 Å². The highest BCUT2D eigenvalue weighted by atomic mass is 32.2. The molecule has 4 aliphatic carbocycles. The van der Waals surface area contributed by atoms with E-state index >= 15 is 0 Å². The maximum Gasteiger partial charge on any atom is 0.305 e. The SMILES string of the molecule is C[C@H](CCC(=O)OCCS(=O)(=O)O)[C@H]1CC[C@@H]2C1C(=O)C[C@H]1[C@H]2C(=O)C[C@@H]2CC(=O)CC[C@@]21C. The fraction of sp³-hybridized carbons (Fsp3) is 0.840. The van der Waals surface area contributed by atoms with Crippen LogP contribution in [-0.4, -0.2) is 48.6 Å².